The zero-order valence-corrected chi connectivity index (χ0v) is 19.4. The number of hydrogen-bond donors (Lipinski definition) is 1. The summed E-state index contributed by atoms with van der Waals surface area (Å²) in [5.74, 6) is -0.753. The van der Waals surface area contributed by atoms with Gasteiger partial charge in [-0.3, -0.25) is 14.5 Å². The molecule has 164 valence electrons. The summed E-state index contributed by atoms with van der Waals surface area (Å²) in [5, 5.41) is 13.0. The van der Waals surface area contributed by atoms with Gasteiger partial charge in [-0.2, -0.15) is 5.26 Å². The minimum Gasteiger partial charge on any atom is -0.321 e. The van der Waals surface area contributed by atoms with E-state index < -0.39 is 11.2 Å². The number of amides is 2. The van der Waals surface area contributed by atoms with Crippen LogP contribution in [0.25, 0.3) is 0 Å². The van der Waals surface area contributed by atoms with Crippen LogP contribution in [0.5, 0.6) is 0 Å². The Labute approximate surface area is 201 Å². The number of rotatable bonds is 5. The highest BCUT2D eigenvalue weighted by atomic mass is 35.5. The van der Waals surface area contributed by atoms with Gasteiger partial charge in [0.05, 0.1) is 5.25 Å². The summed E-state index contributed by atoms with van der Waals surface area (Å²) >= 11 is 7.25. The lowest BCUT2D eigenvalue weighted by Crippen LogP contribution is -2.30. The van der Waals surface area contributed by atoms with E-state index >= 15 is 0 Å². The maximum Gasteiger partial charge on any atom is 0.269 e. The number of carbonyl (C=O) groups is 2. The smallest absolute Gasteiger partial charge is 0.269 e. The second-order valence-electron chi connectivity index (χ2n) is 7.56. The van der Waals surface area contributed by atoms with Gasteiger partial charge in [0.1, 0.15) is 16.7 Å². The van der Waals surface area contributed by atoms with Crippen LogP contribution in [0.2, 0.25) is 5.02 Å². The molecule has 1 atom stereocenters. The molecule has 0 aromatic heterocycles. The first-order valence-electron chi connectivity index (χ1n) is 10.3. The summed E-state index contributed by atoms with van der Waals surface area (Å²) in [4.78, 5) is 28.0. The van der Waals surface area contributed by atoms with Crippen molar-refractivity contribution in [1.29, 1.82) is 5.26 Å². The minimum absolute atomic E-state index is 0.122. The van der Waals surface area contributed by atoms with E-state index in [-0.39, 0.29) is 11.5 Å². The van der Waals surface area contributed by atoms with Crippen LogP contribution in [0, 0.1) is 18.3 Å². The Morgan fingerprint density at radius 1 is 1.09 bits per heavy atom. The Morgan fingerprint density at radius 3 is 2.48 bits per heavy atom. The molecule has 0 radical (unpaired) electrons. The quantitative estimate of drug-likeness (QED) is 0.380. The second kappa shape index (κ2) is 9.95. The van der Waals surface area contributed by atoms with Gasteiger partial charge in [-0.25, -0.2) is 0 Å². The highest BCUT2D eigenvalue weighted by Gasteiger charge is 2.40. The van der Waals surface area contributed by atoms with Crippen LogP contribution in [0.4, 0.5) is 11.4 Å². The van der Waals surface area contributed by atoms with Gasteiger partial charge in [-0.1, -0.05) is 77.5 Å². The summed E-state index contributed by atoms with van der Waals surface area (Å²) in [6, 6.07) is 25.8. The molecule has 3 aromatic rings. The number of benzene rings is 3. The summed E-state index contributed by atoms with van der Waals surface area (Å²) in [6.07, 6.45) is 0.491. The largest absolute Gasteiger partial charge is 0.321 e. The van der Waals surface area contributed by atoms with Crippen molar-refractivity contribution in [2.75, 3.05) is 10.2 Å². The number of nitrogens with one attached hydrogen (secondary N) is 1. The molecule has 0 aliphatic carbocycles. The molecule has 7 heteroatoms. The molecule has 0 spiro atoms. The average Bonchev–Trinajstić information content (AvgIpc) is 3.12. The third-order valence-electron chi connectivity index (χ3n) is 5.14. The first-order chi connectivity index (χ1) is 16.0. The molecule has 0 saturated carbocycles. The number of nitrogens with zero attached hydrogens (tertiary/aromatic N) is 2. The molecule has 1 aliphatic rings. The number of halogens is 1. The first-order valence-corrected chi connectivity index (χ1v) is 11.5. The lowest BCUT2D eigenvalue weighted by molar-refractivity contribution is -0.117. The van der Waals surface area contributed by atoms with Gasteiger partial charge >= 0.3 is 0 Å². The molecule has 1 saturated heterocycles. The van der Waals surface area contributed by atoms with Crippen molar-refractivity contribution in [3.8, 4) is 6.07 Å². The number of hydrogen-bond acceptors (Lipinski definition) is 4. The summed E-state index contributed by atoms with van der Waals surface area (Å²) < 4.78 is 0. The number of para-hydroxylation sites is 1. The van der Waals surface area contributed by atoms with Crippen LogP contribution < -0.4 is 10.2 Å². The van der Waals surface area contributed by atoms with Crippen LogP contribution >= 0.6 is 23.4 Å². The fourth-order valence-corrected chi connectivity index (χ4v) is 5.00. The Bertz CT molecular complexity index is 1270. The van der Waals surface area contributed by atoms with E-state index in [2.05, 4.69) is 5.32 Å². The molecule has 0 bridgehead atoms. The third-order valence-corrected chi connectivity index (χ3v) is 6.64. The van der Waals surface area contributed by atoms with E-state index in [0.29, 0.717) is 27.8 Å². The predicted octanol–water partition coefficient (Wildman–Crippen LogP) is 5.71. The highest BCUT2D eigenvalue weighted by Crippen LogP contribution is 2.42. The monoisotopic (exact) mass is 473 g/mol. The maximum absolute atomic E-state index is 13.4. The van der Waals surface area contributed by atoms with Gasteiger partial charge in [-0.15, -0.1) is 0 Å². The van der Waals surface area contributed by atoms with Crippen LogP contribution in [0.1, 0.15) is 11.1 Å². The van der Waals surface area contributed by atoms with Crippen LogP contribution in [0.15, 0.2) is 89.5 Å². The molecule has 4 rings (SSSR count). The Hall–Kier alpha value is -3.53. The summed E-state index contributed by atoms with van der Waals surface area (Å²) in [5.41, 5.74) is 3.11. The molecule has 1 unspecified atom stereocenters. The Kier molecular flexibility index (Phi) is 6.83. The van der Waals surface area contributed by atoms with E-state index in [1.54, 1.807) is 36.4 Å². The molecule has 1 aliphatic heterocycles. The van der Waals surface area contributed by atoms with Gasteiger partial charge in [0.15, 0.2) is 0 Å². The van der Waals surface area contributed by atoms with Crippen molar-refractivity contribution < 1.29 is 9.59 Å². The lowest BCUT2D eigenvalue weighted by atomic mass is 10.1. The molecule has 1 fully saturated rings. The number of anilines is 2. The highest BCUT2D eigenvalue weighted by molar-refractivity contribution is 8.05. The molecule has 33 heavy (non-hydrogen) atoms. The van der Waals surface area contributed by atoms with Gasteiger partial charge < -0.3 is 5.32 Å². The zero-order valence-electron chi connectivity index (χ0n) is 17.8. The number of aryl methyl sites for hydroxylation is 1. The Balaban J connectivity index is 1.71. The van der Waals surface area contributed by atoms with Crippen molar-refractivity contribution >= 4 is 46.6 Å². The first kappa shape index (κ1) is 22.7. The molecule has 1 N–H and O–H groups in total. The fraction of sp³-hybridized carbons (Fsp3) is 0.115. The van der Waals surface area contributed by atoms with Crippen molar-refractivity contribution in [2.24, 2.45) is 0 Å². The number of thioether (sulfide) groups is 1. The normalized spacial score (nSPS) is 16.9. The number of carbonyl (C=O) groups excluding carboxylic acids is 2. The molecule has 5 nitrogen and oxygen atoms in total. The second-order valence-corrected chi connectivity index (χ2v) is 9.19. The zero-order chi connectivity index (χ0) is 23.4. The van der Waals surface area contributed by atoms with Crippen LogP contribution in [-0.4, -0.2) is 17.1 Å². The number of nitriles is 1. The van der Waals surface area contributed by atoms with E-state index in [1.165, 1.54) is 16.7 Å². The van der Waals surface area contributed by atoms with Gasteiger partial charge in [0.2, 0.25) is 5.91 Å². The fourth-order valence-electron chi connectivity index (χ4n) is 3.50. The van der Waals surface area contributed by atoms with Gasteiger partial charge in [-0.05, 0) is 49.2 Å². The SMILES string of the molecule is Cc1ccc(CC2S/C(=C(\C#N)C(=O)Nc3cccc(Cl)c3)N(c3ccccc3)C2=O)cc1. The van der Waals surface area contributed by atoms with E-state index in [1.807, 2.05) is 55.5 Å². The molecular formula is C26H20ClN3O2S. The average molecular weight is 474 g/mol. The van der Waals surface area contributed by atoms with Crippen LogP contribution in [-0.2, 0) is 16.0 Å². The van der Waals surface area contributed by atoms with Crippen molar-refractivity contribution in [3.63, 3.8) is 0 Å². The summed E-state index contributed by atoms with van der Waals surface area (Å²) in [7, 11) is 0. The predicted molar refractivity (Wildman–Crippen MR) is 133 cm³/mol. The minimum atomic E-state index is -0.591. The van der Waals surface area contributed by atoms with E-state index in [0.717, 1.165) is 11.1 Å². The Morgan fingerprint density at radius 2 is 1.82 bits per heavy atom. The topological polar surface area (TPSA) is 73.2 Å². The molecule has 3 aromatic carbocycles. The van der Waals surface area contributed by atoms with Gasteiger partial charge in [0, 0.05) is 16.4 Å². The van der Waals surface area contributed by atoms with E-state index in [9.17, 15) is 14.9 Å². The van der Waals surface area contributed by atoms with Crippen molar-refractivity contribution in [2.45, 2.75) is 18.6 Å². The van der Waals surface area contributed by atoms with Crippen molar-refractivity contribution in [1.82, 2.24) is 0 Å². The lowest BCUT2D eigenvalue weighted by Gasteiger charge is -2.18. The van der Waals surface area contributed by atoms with Crippen LogP contribution in [0.3, 0.4) is 0 Å². The van der Waals surface area contributed by atoms with E-state index in [4.69, 9.17) is 11.6 Å². The molecule has 2 amide bonds. The molecule has 1 heterocycles. The van der Waals surface area contributed by atoms with Crippen molar-refractivity contribution in [3.05, 3.63) is 106 Å². The third kappa shape index (κ3) is 5.11. The standard InChI is InChI=1S/C26H20ClN3O2S/c1-17-10-12-18(13-11-17)14-23-25(32)30(21-8-3-2-4-9-21)26(33-23)22(16-28)24(31)29-20-7-5-6-19(27)15-20/h2-13,15,23H,14H2,1H3,(H,29,31)/b26-22+. The van der Waals surface area contributed by atoms with Gasteiger partial charge in [0.25, 0.3) is 5.91 Å². The molecular weight excluding hydrogens is 454 g/mol. The maximum atomic E-state index is 13.4. The summed E-state index contributed by atoms with van der Waals surface area (Å²) in [6.45, 7) is 2.01.